The van der Waals surface area contributed by atoms with Gasteiger partial charge in [-0.3, -0.25) is 0 Å². The molecule has 0 bridgehead atoms. The van der Waals surface area contributed by atoms with Gasteiger partial charge in [0.1, 0.15) is 0 Å². The number of ether oxygens (including phenoxy) is 1. The summed E-state index contributed by atoms with van der Waals surface area (Å²) >= 11 is 3.51. The molecule has 0 unspecified atom stereocenters. The average Bonchev–Trinajstić information content (AvgIpc) is 2.65. The number of hydrogen-bond acceptors (Lipinski definition) is 4. The second-order valence-electron chi connectivity index (χ2n) is 5.17. The summed E-state index contributed by atoms with van der Waals surface area (Å²) in [6.07, 6.45) is 0. The van der Waals surface area contributed by atoms with Gasteiger partial charge in [-0.2, -0.15) is 10.1 Å². The Hall–Kier alpha value is -1.56. The molecule has 0 aliphatic carbocycles. The van der Waals surface area contributed by atoms with Gasteiger partial charge in [0, 0.05) is 0 Å². The van der Waals surface area contributed by atoms with Gasteiger partial charge in [-0.15, -0.1) is 0 Å². The number of nitrogens with zero attached hydrogens (tertiary/aromatic N) is 3. The van der Waals surface area contributed by atoms with Crippen LogP contribution in [0.25, 0.3) is 5.82 Å². The van der Waals surface area contributed by atoms with Crippen LogP contribution in [0.5, 0.6) is 5.88 Å². The molecule has 2 aromatic heterocycles. The minimum Gasteiger partial charge on any atom is -0.476 e. The Bertz CT molecular complexity index is 622. The summed E-state index contributed by atoms with van der Waals surface area (Å²) in [7, 11) is 0. The molecule has 2 heterocycles. The lowest BCUT2D eigenvalue weighted by Crippen LogP contribution is -2.10. The number of aromatic nitrogens is 3. The highest BCUT2D eigenvalue weighted by Crippen LogP contribution is 2.25. The number of hydrogen-bond donors (Lipinski definition) is 1. The van der Waals surface area contributed by atoms with E-state index in [9.17, 15) is 0 Å². The summed E-state index contributed by atoms with van der Waals surface area (Å²) in [6, 6.07) is 3.63. The van der Waals surface area contributed by atoms with Crippen LogP contribution in [0, 0.1) is 19.8 Å². The molecule has 0 aromatic carbocycles. The van der Waals surface area contributed by atoms with Gasteiger partial charge in [-0.1, -0.05) is 13.8 Å². The lowest BCUT2D eigenvalue weighted by Gasteiger charge is -2.11. The van der Waals surface area contributed by atoms with Gasteiger partial charge in [0.2, 0.25) is 5.88 Å². The molecule has 2 N–H and O–H groups in total. The maximum Gasteiger partial charge on any atom is 0.239 e. The molecule has 0 radical (unpaired) electrons. The zero-order valence-electron chi connectivity index (χ0n) is 12.1. The van der Waals surface area contributed by atoms with Crippen LogP contribution in [0.4, 0.5) is 5.69 Å². The summed E-state index contributed by atoms with van der Waals surface area (Å²) in [5.41, 5.74) is 8.35. The Kier molecular flexibility index (Phi) is 4.32. The minimum absolute atomic E-state index is 0.419. The number of halogens is 1. The predicted molar refractivity (Wildman–Crippen MR) is 83.3 cm³/mol. The molecular formula is C14H19BrN4O. The summed E-state index contributed by atoms with van der Waals surface area (Å²) in [5, 5.41) is 4.46. The molecule has 20 heavy (non-hydrogen) atoms. The first-order valence-electron chi connectivity index (χ1n) is 6.51. The van der Waals surface area contributed by atoms with E-state index < -0.39 is 0 Å². The molecule has 2 rings (SSSR count). The topological polar surface area (TPSA) is 66.0 Å². The average molecular weight is 339 g/mol. The third kappa shape index (κ3) is 2.95. The van der Waals surface area contributed by atoms with Gasteiger partial charge < -0.3 is 10.5 Å². The van der Waals surface area contributed by atoms with Gasteiger partial charge in [-0.05, 0) is 47.8 Å². The molecule has 108 valence electrons. The number of nitrogens with two attached hydrogens (primary N) is 1. The highest BCUT2D eigenvalue weighted by atomic mass is 79.9. The van der Waals surface area contributed by atoms with Crippen molar-refractivity contribution in [2.75, 3.05) is 12.3 Å². The van der Waals surface area contributed by atoms with E-state index in [-0.39, 0.29) is 0 Å². The van der Waals surface area contributed by atoms with Gasteiger partial charge in [0.15, 0.2) is 5.82 Å². The molecule has 0 saturated carbocycles. The van der Waals surface area contributed by atoms with E-state index in [4.69, 9.17) is 10.5 Å². The van der Waals surface area contributed by atoms with Gasteiger partial charge >= 0.3 is 0 Å². The first-order chi connectivity index (χ1) is 9.40. The van der Waals surface area contributed by atoms with Crippen molar-refractivity contribution in [1.82, 2.24) is 14.8 Å². The monoisotopic (exact) mass is 338 g/mol. The largest absolute Gasteiger partial charge is 0.476 e. The standard InChI is InChI=1S/C14H19BrN4O/c1-8(2)7-20-14-11(16)5-6-12(17-14)19-10(4)13(15)9(3)18-19/h5-6,8H,7,16H2,1-4H3. The quantitative estimate of drug-likeness (QED) is 0.928. The summed E-state index contributed by atoms with van der Waals surface area (Å²) < 4.78 is 8.41. The highest BCUT2D eigenvalue weighted by Gasteiger charge is 2.13. The van der Waals surface area contributed by atoms with E-state index in [1.54, 1.807) is 10.7 Å². The summed E-state index contributed by atoms with van der Waals surface area (Å²) in [4.78, 5) is 4.46. The zero-order chi connectivity index (χ0) is 14.9. The van der Waals surface area contributed by atoms with Gasteiger partial charge in [0.05, 0.1) is 28.2 Å². The molecule has 0 aliphatic rings. The molecule has 0 fully saturated rings. The fourth-order valence-electron chi connectivity index (χ4n) is 1.77. The molecule has 5 nitrogen and oxygen atoms in total. The van der Waals surface area contributed by atoms with Crippen LogP contribution in [0.2, 0.25) is 0 Å². The van der Waals surface area contributed by atoms with E-state index in [2.05, 4.69) is 39.9 Å². The number of anilines is 1. The van der Waals surface area contributed by atoms with Crippen molar-refractivity contribution in [3.63, 3.8) is 0 Å². The first kappa shape index (κ1) is 14.8. The van der Waals surface area contributed by atoms with E-state index in [0.29, 0.717) is 29.9 Å². The van der Waals surface area contributed by atoms with E-state index >= 15 is 0 Å². The predicted octanol–water partition coefficient (Wildman–Crippen LogP) is 3.26. The second-order valence-corrected chi connectivity index (χ2v) is 5.96. The van der Waals surface area contributed by atoms with Crippen molar-refractivity contribution in [3.8, 4) is 11.7 Å². The Morgan fingerprint density at radius 3 is 2.60 bits per heavy atom. The fraction of sp³-hybridized carbons (Fsp3) is 0.429. The second kappa shape index (κ2) is 5.83. The van der Waals surface area contributed by atoms with Crippen LogP contribution in [0.1, 0.15) is 25.2 Å². The SMILES string of the molecule is Cc1nn(-c2ccc(N)c(OCC(C)C)n2)c(C)c1Br. The van der Waals surface area contributed by atoms with E-state index in [0.717, 1.165) is 15.9 Å². The van der Waals surface area contributed by atoms with Crippen LogP contribution in [0.15, 0.2) is 16.6 Å². The van der Waals surface area contributed by atoms with Crippen LogP contribution in [-0.4, -0.2) is 21.4 Å². The number of aryl methyl sites for hydroxylation is 1. The number of rotatable bonds is 4. The van der Waals surface area contributed by atoms with Crippen molar-refractivity contribution < 1.29 is 4.74 Å². The third-order valence-electron chi connectivity index (χ3n) is 2.85. The molecule has 0 atom stereocenters. The third-order valence-corrected chi connectivity index (χ3v) is 4.00. The molecule has 6 heteroatoms. The summed E-state index contributed by atoms with van der Waals surface area (Å²) in [5.74, 6) is 1.58. The van der Waals surface area contributed by atoms with Crippen molar-refractivity contribution in [3.05, 3.63) is 28.0 Å². The molecule has 0 amide bonds. The Morgan fingerprint density at radius 1 is 1.35 bits per heavy atom. The fourth-order valence-corrected chi connectivity index (χ4v) is 2.01. The Morgan fingerprint density at radius 2 is 2.05 bits per heavy atom. The van der Waals surface area contributed by atoms with Gasteiger partial charge in [-0.25, -0.2) is 4.68 Å². The van der Waals surface area contributed by atoms with Crippen LogP contribution in [-0.2, 0) is 0 Å². The van der Waals surface area contributed by atoms with Crippen molar-refractivity contribution in [1.29, 1.82) is 0 Å². The maximum atomic E-state index is 5.90. The minimum atomic E-state index is 0.419. The Labute approximate surface area is 127 Å². The van der Waals surface area contributed by atoms with Crippen LogP contribution in [0.3, 0.4) is 0 Å². The van der Waals surface area contributed by atoms with Gasteiger partial charge in [0.25, 0.3) is 0 Å². The molecule has 0 saturated heterocycles. The molecule has 0 aliphatic heterocycles. The number of pyridine rings is 1. The lowest BCUT2D eigenvalue weighted by molar-refractivity contribution is 0.262. The smallest absolute Gasteiger partial charge is 0.239 e. The maximum absolute atomic E-state index is 5.90. The number of nitrogen functional groups attached to an aromatic ring is 1. The van der Waals surface area contributed by atoms with E-state index in [1.807, 2.05) is 19.9 Å². The zero-order valence-corrected chi connectivity index (χ0v) is 13.7. The first-order valence-corrected chi connectivity index (χ1v) is 7.31. The highest BCUT2D eigenvalue weighted by molar-refractivity contribution is 9.10. The molecular weight excluding hydrogens is 320 g/mol. The molecule has 2 aromatic rings. The normalized spacial score (nSPS) is 11.1. The molecule has 0 spiro atoms. The Balaban J connectivity index is 2.38. The van der Waals surface area contributed by atoms with E-state index in [1.165, 1.54) is 0 Å². The van der Waals surface area contributed by atoms with Crippen molar-refractivity contribution in [2.45, 2.75) is 27.7 Å². The summed E-state index contributed by atoms with van der Waals surface area (Å²) in [6.45, 7) is 8.68. The van der Waals surface area contributed by atoms with Crippen molar-refractivity contribution in [2.24, 2.45) is 5.92 Å². The van der Waals surface area contributed by atoms with Crippen LogP contribution >= 0.6 is 15.9 Å². The van der Waals surface area contributed by atoms with Crippen LogP contribution < -0.4 is 10.5 Å². The van der Waals surface area contributed by atoms with Crippen molar-refractivity contribution >= 4 is 21.6 Å². The lowest BCUT2D eigenvalue weighted by atomic mass is 10.2.